The number of hydrogen-bond donors (Lipinski definition) is 1. The second kappa shape index (κ2) is 6.97. The van der Waals surface area contributed by atoms with Crippen LogP contribution in [0.15, 0.2) is 18.3 Å². The topological polar surface area (TPSA) is 45.2 Å². The molecule has 1 N–H and O–H groups in total. The number of nitrogens with zero attached hydrogens (tertiary/aromatic N) is 2. The first-order valence-electron chi connectivity index (χ1n) is 7.17. The summed E-state index contributed by atoms with van der Waals surface area (Å²) in [6, 6.07) is 3.99. The second-order valence-corrected chi connectivity index (χ2v) is 6.23. The van der Waals surface area contributed by atoms with Gasteiger partial charge < -0.3 is 10.2 Å². The molecule has 1 aromatic rings. The number of carbonyl (C=O) groups excluding carboxylic acids is 1. The van der Waals surface area contributed by atoms with Crippen molar-refractivity contribution in [2.75, 3.05) is 25.2 Å². The molecule has 0 aromatic carbocycles. The molecule has 1 aromatic heterocycles. The first-order chi connectivity index (χ1) is 9.67. The van der Waals surface area contributed by atoms with E-state index in [1.54, 1.807) is 12.3 Å². The van der Waals surface area contributed by atoms with Crippen LogP contribution in [0.4, 0.5) is 5.82 Å². The van der Waals surface area contributed by atoms with Crippen LogP contribution in [-0.2, 0) is 0 Å². The fraction of sp³-hybridized carbons (Fsp3) is 0.600. The van der Waals surface area contributed by atoms with Gasteiger partial charge in [0.15, 0.2) is 0 Å². The molecule has 1 fully saturated rings. The Hall–Kier alpha value is -1.23. The Bertz CT molecular complexity index is 466. The van der Waals surface area contributed by atoms with Crippen LogP contribution in [0, 0.1) is 0 Å². The van der Waals surface area contributed by atoms with Gasteiger partial charge in [-0.1, -0.05) is 6.42 Å². The van der Waals surface area contributed by atoms with E-state index in [1.165, 1.54) is 12.8 Å². The number of thioether (sulfide) groups is 1. The molecule has 0 radical (unpaired) electrons. The molecule has 0 bridgehead atoms. The van der Waals surface area contributed by atoms with E-state index in [4.69, 9.17) is 0 Å². The molecule has 4 nitrogen and oxygen atoms in total. The van der Waals surface area contributed by atoms with Crippen LogP contribution in [0.5, 0.6) is 0 Å². The van der Waals surface area contributed by atoms with Crippen molar-refractivity contribution < 1.29 is 4.79 Å². The standard InChI is InChI=1S/C15H23N3OS/c1-4-16-14-10-11(8-9-17-14)15(19)18(2)12-6-5-7-13(12)20-3/h8-10,12-13H,4-7H2,1-3H3,(H,16,17)/t12-,13-/m0/s1. The number of hydrogen-bond acceptors (Lipinski definition) is 4. The summed E-state index contributed by atoms with van der Waals surface area (Å²) in [4.78, 5) is 18.7. The van der Waals surface area contributed by atoms with Crippen LogP contribution < -0.4 is 5.32 Å². The quantitative estimate of drug-likeness (QED) is 0.906. The van der Waals surface area contributed by atoms with Crippen molar-refractivity contribution in [3.8, 4) is 0 Å². The van der Waals surface area contributed by atoms with E-state index in [-0.39, 0.29) is 5.91 Å². The lowest BCUT2D eigenvalue weighted by Crippen LogP contribution is -2.40. The minimum absolute atomic E-state index is 0.0949. The molecule has 1 amide bonds. The van der Waals surface area contributed by atoms with E-state index < -0.39 is 0 Å². The molecule has 20 heavy (non-hydrogen) atoms. The minimum Gasteiger partial charge on any atom is -0.370 e. The van der Waals surface area contributed by atoms with Gasteiger partial charge in [-0.05, 0) is 38.2 Å². The lowest BCUT2D eigenvalue weighted by Gasteiger charge is -2.29. The minimum atomic E-state index is 0.0949. The van der Waals surface area contributed by atoms with Crippen molar-refractivity contribution in [1.29, 1.82) is 0 Å². The van der Waals surface area contributed by atoms with Crippen LogP contribution in [0.2, 0.25) is 0 Å². The molecule has 2 atom stereocenters. The monoisotopic (exact) mass is 293 g/mol. The molecule has 0 saturated heterocycles. The fourth-order valence-corrected chi connectivity index (χ4v) is 3.86. The van der Waals surface area contributed by atoms with Gasteiger partial charge in [0.1, 0.15) is 5.82 Å². The largest absolute Gasteiger partial charge is 0.370 e. The fourth-order valence-electron chi connectivity index (χ4n) is 2.82. The van der Waals surface area contributed by atoms with Crippen molar-refractivity contribution >= 4 is 23.5 Å². The average molecular weight is 293 g/mol. The summed E-state index contributed by atoms with van der Waals surface area (Å²) in [7, 11) is 1.93. The molecule has 1 aliphatic carbocycles. The van der Waals surface area contributed by atoms with Crippen molar-refractivity contribution in [2.24, 2.45) is 0 Å². The molecule has 110 valence electrons. The normalized spacial score (nSPS) is 21.8. The smallest absolute Gasteiger partial charge is 0.254 e. The molecule has 1 saturated carbocycles. The summed E-state index contributed by atoms with van der Waals surface area (Å²) in [6.45, 7) is 2.82. The van der Waals surface area contributed by atoms with E-state index in [2.05, 4.69) is 16.6 Å². The van der Waals surface area contributed by atoms with Crippen molar-refractivity contribution in [2.45, 2.75) is 37.5 Å². The van der Waals surface area contributed by atoms with Crippen molar-refractivity contribution in [3.05, 3.63) is 23.9 Å². The Morgan fingerprint density at radius 2 is 2.35 bits per heavy atom. The third-order valence-corrected chi connectivity index (χ3v) is 5.06. The molecule has 0 aliphatic heterocycles. The summed E-state index contributed by atoms with van der Waals surface area (Å²) >= 11 is 1.87. The molecule has 1 aliphatic rings. The predicted octanol–water partition coefficient (Wildman–Crippen LogP) is 2.87. The number of pyridine rings is 1. The van der Waals surface area contributed by atoms with Crippen LogP contribution in [0.1, 0.15) is 36.5 Å². The van der Waals surface area contributed by atoms with Gasteiger partial charge >= 0.3 is 0 Å². The zero-order chi connectivity index (χ0) is 14.5. The highest BCUT2D eigenvalue weighted by Gasteiger charge is 2.32. The first kappa shape index (κ1) is 15.2. The number of aromatic nitrogens is 1. The SMILES string of the molecule is CCNc1cc(C(=O)N(C)[C@H]2CCC[C@@H]2SC)ccn1. The van der Waals surface area contributed by atoms with E-state index in [0.29, 0.717) is 16.9 Å². The number of rotatable bonds is 5. The van der Waals surface area contributed by atoms with Crippen LogP contribution in [0.3, 0.4) is 0 Å². The number of nitrogens with one attached hydrogen (secondary N) is 1. The highest BCUT2D eigenvalue weighted by Crippen LogP contribution is 2.32. The zero-order valence-corrected chi connectivity index (χ0v) is 13.2. The maximum absolute atomic E-state index is 12.6. The average Bonchev–Trinajstić information content (AvgIpc) is 2.95. The van der Waals surface area contributed by atoms with E-state index in [1.807, 2.05) is 36.7 Å². The third-order valence-electron chi connectivity index (χ3n) is 3.90. The maximum atomic E-state index is 12.6. The highest BCUT2D eigenvalue weighted by atomic mass is 32.2. The maximum Gasteiger partial charge on any atom is 0.254 e. The van der Waals surface area contributed by atoms with E-state index in [9.17, 15) is 4.79 Å². The third kappa shape index (κ3) is 3.26. The molecule has 0 spiro atoms. The molecular weight excluding hydrogens is 270 g/mol. The number of anilines is 1. The summed E-state index contributed by atoms with van der Waals surface area (Å²) in [5.74, 6) is 0.858. The van der Waals surface area contributed by atoms with Gasteiger partial charge in [-0.25, -0.2) is 4.98 Å². The van der Waals surface area contributed by atoms with Crippen LogP contribution >= 0.6 is 11.8 Å². The second-order valence-electron chi connectivity index (χ2n) is 5.15. The Kier molecular flexibility index (Phi) is 5.29. The zero-order valence-electron chi connectivity index (χ0n) is 12.4. The van der Waals surface area contributed by atoms with E-state index in [0.717, 1.165) is 18.8 Å². The van der Waals surface area contributed by atoms with Crippen LogP contribution in [0.25, 0.3) is 0 Å². The Morgan fingerprint density at radius 1 is 1.55 bits per heavy atom. The van der Waals surface area contributed by atoms with Crippen LogP contribution in [-0.4, -0.2) is 46.9 Å². The summed E-state index contributed by atoms with van der Waals surface area (Å²) in [5.41, 5.74) is 0.713. The molecule has 1 heterocycles. The first-order valence-corrected chi connectivity index (χ1v) is 8.46. The Morgan fingerprint density at radius 3 is 3.05 bits per heavy atom. The molecule has 5 heteroatoms. The lowest BCUT2D eigenvalue weighted by atomic mass is 10.1. The molecular formula is C15H23N3OS. The van der Waals surface area contributed by atoms with Crippen molar-refractivity contribution in [1.82, 2.24) is 9.88 Å². The van der Waals surface area contributed by atoms with Gasteiger partial charge in [-0.3, -0.25) is 4.79 Å². The molecule has 0 unspecified atom stereocenters. The summed E-state index contributed by atoms with van der Waals surface area (Å²) < 4.78 is 0. The van der Waals surface area contributed by atoms with Crippen molar-refractivity contribution in [3.63, 3.8) is 0 Å². The Balaban J connectivity index is 2.11. The summed E-state index contributed by atoms with van der Waals surface area (Å²) in [6.07, 6.45) is 7.37. The highest BCUT2D eigenvalue weighted by molar-refractivity contribution is 7.99. The van der Waals surface area contributed by atoms with Gasteiger partial charge in [0.2, 0.25) is 0 Å². The van der Waals surface area contributed by atoms with Gasteiger partial charge in [-0.15, -0.1) is 0 Å². The predicted molar refractivity (Wildman–Crippen MR) is 85.4 cm³/mol. The number of carbonyl (C=O) groups is 1. The van der Waals surface area contributed by atoms with Gasteiger partial charge in [-0.2, -0.15) is 11.8 Å². The number of amides is 1. The lowest BCUT2D eigenvalue weighted by molar-refractivity contribution is 0.0738. The van der Waals surface area contributed by atoms with Gasteiger partial charge in [0.05, 0.1) is 0 Å². The summed E-state index contributed by atoms with van der Waals surface area (Å²) in [5, 5.41) is 3.71. The van der Waals surface area contributed by atoms with Gasteiger partial charge in [0, 0.05) is 36.6 Å². The Labute approximate surface area is 125 Å². The van der Waals surface area contributed by atoms with E-state index >= 15 is 0 Å². The van der Waals surface area contributed by atoms with Gasteiger partial charge in [0.25, 0.3) is 5.91 Å². The molecule has 2 rings (SSSR count).